The van der Waals surface area contributed by atoms with Crippen LogP contribution in [0.1, 0.15) is 32.6 Å². The summed E-state index contributed by atoms with van der Waals surface area (Å²) < 4.78 is 57.1. The minimum absolute atomic E-state index is 0.00359. The summed E-state index contributed by atoms with van der Waals surface area (Å²) in [6.45, 7) is 4.33. The summed E-state index contributed by atoms with van der Waals surface area (Å²) in [4.78, 5) is 7.07. The Morgan fingerprint density at radius 1 is 0.857 bits per heavy atom. The van der Waals surface area contributed by atoms with Crippen molar-refractivity contribution >= 4 is 46.7 Å². The Kier molecular flexibility index (Phi) is 6.88. The van der Waals surface area contributed by atoms with Gasteiger partial charge in [-0.25, -0.2) is 21.8 Å². The van der Waals surface area contributed by atoms with Gasteiger partial charge in [-0.05, 0) is 55.7 Å². The zero-order chi connectivity index (χ0) is 24.6. The first-order valence-electron chi connectivity index (χ1n) is 12.0. The largest absolute Gasteiger partial charge is 0.345 e. The number of benzene rings is 2. The van der Waals surface area contributed by atoms with Crippen molar-refractivity contribution in [2.45, 2.75) is 48.4 Å². The van der Waals surface area contributed by atoms with Crippen LogP contribution < -0.4 is 4.90 Å². The van der Waals surface area contributed by atoms with Gasteiger partial charge in [0.1, 0.15) is 0 Å². The number of hydrogen-bond acceptors (Lipinski definition) is 7. The molecule has 1 atom stereocenters. The summed E-state index contributed by atoms with van der Waals surface area (Å²) in [5.74, 6) is 0. The van der Waals surface area contributed by atoms with Crippen molar-refractivity contribution in [3.63, 3.8) is 0 Å². The summed E-state index contributed by atoms with van der Waals surface area (Å²) in [7, 11) is -7.36. The Morgan fingerprint density at radius 3 is 2.17 bits per heavy atom. The lowest BCUT2D eigenvalue weighted by atomic mass is 10.0. The van der Waals surface area contributed by atoms with Crippen LogP contribution in [0, 0.1) is 0 Å². The highest BCUT2D eigenvalue weighted by atomic mass is 32.2. The minimum Gasteiger partial charge on any atom is -0.345 e. The second-order valence-electron chi connectivity index (χ2n) is 9.00. The van der Waals surface area contributed by atoms with Gasteiger partial charge in [0, 0.05) is 38.8 Å². The first-order chi connectivity index (χ1) is 16.8. The van der Waals surface area contributed by atoms with E-state index < -0.39 is 20.0 Å². The van der Waals surface area contributed by atoms with Gasteiger partial charge in [0.25, 0.3) is 0 Å². The minimum atomic E-state index is -3.71. The van der Waals surface area contributed by atoms with Crippen LogP contribution >= 0.6 is 11.3 Å². The van der Waals surface area contributed by atoms with E-state index in [2.05, 4.69) is 9.88 Å². The standard InChI is InChI=1S/C24H30N4O4S3/c1-2-19-7-5-6-14-28(19)35(31,32)21-12-10-20(11-13-21)34(29,30)27-17-15-26(16-18-27)24-25-22-8-3-4-9-23(22)33-24/h3-4,8-13,19H,2,5-7,14-18H2,1H3/t19-/m0/s1. The Hall–Kier alpha value is -2.05. The number of aromatic nitrogens is 1. The molecule has 1 aromatic heterocycles. The summed E-state index contributed by atoms with van der Waals surface area (Å²) in [6.07, 6.45) is 3.53. The fraction of sp³-hybridized carbons (Fsp3) is 0.458. The Bertz CT molecular complexity index is 1360. The van der Waals surface area contributed by atoms with Crippen molar-refractivity contribution in [3.05, 3.63) is 48.5 Å². The lowest BCUT2D eigenvalue weighted by molar-refractivity contribution is 0.246. The number of piperazine rings is 1. The topological polar surface area (TPSA) is 90.9 Å². The molecular weight excluding hydrogens is 504 g/mol. The SMILES string of the molecule is CC[C@H]1CCCCN1S(=O)(=O)c1ccc(S(=O)(=O)N2CCN(c3nc4ccccc4s3)CC2)cc1. The average molecular weight is 535 g/mol. The first kappa shape index (κ1) is 24.6. The van der Waals surface area contributed by atoms with Gasteiger partial charge in [-0.15, -0.1) is 0 Å². The Balaban J connectivity index is 1.28. The van der Waals surface area contributed by atoms with Gasteiger partial charge in [0.05, 0.1) is 20.0 Å². The lowest BCUT2D eigenvalue weighted by Gasteiger charge is -2.34. The van der Waals surface area contributed by atoms with Crippen LogP contribution in [0.2, 0.25) is 0 Å². The number of nitrogens with zero attached hydrogens (tertiary/aromatic N) is 4. The molecule has 0 unspecified atom stereocenters. The van der Waals surface area contributed by atoms with E-state index in [1.807, 2.05) is 31.2 Å². The molecule has 5 rings (SSSR count). The molecule has 3 aromatic rings. The molecule has 0 N–H and O–H groups in total. The summed E-state index contributed by atoms with van der Waals surface area (Å²) in [5.41, 5.74) is 0.951. The second-order valence-corrected chi connectivity index (χ2v) is 13.8. The fourth-order valence-electron chi connectivity index (χ4n) is 4.88. The second kappa shape index (κ2) is 9.78. The maximum absolute atomic E-state index is 13.3. The van der Waals surface area contributed by atoms with Gasteiger partial charge in [0.2, 0.25) is 20.0 Å². The Labute approximate surface area is 211 Å². The highest BCUT2D eigenvalue weighted by Crippen LogP contribution is 2.31. The molecule has 0 amide bonds. The molecule has 2 aliphatic rings. The normalized spacial score (nSPS) is 20.9. The molecule has 3 heterocycles. The molecular formula is C24H30N4O4S3. The molecule has 0 aliphatic carbocycles. The zero-order valence-electron chi connectivity index (χ0n) is 19.7. The number of piperidine rings is 1. The van der Waals surface area contributed by atoms with E-state index in [0.717, 1.165) is 41.0 Å². The van der Waals surface area contributed by atoms with E-state index in [-0.39, 0.29) is 15.8 Å². The van der Waals surface area contributed by atoms with E-state index in [9.17, 15) is 16.8 Å². The van der Waals surface area contributed by atoms with E-state index in [4.69, 9.17) is 0 Å². The molecule has 8 nitrogen and oxygen atoms in total. The van der Waals surface area contributed by atoms with Crippen LogP contribution in [0.5, 0.6) is 0 Å². The molecule has 2 aromatic carbocycles. The molecule has 11 heteroatoms. The van der Waals surface area contributed by atoms with Crippen molar-refractivity contribution in [1.29, 1.82) is 0 Å². The van der Waals surface area contributed by atoms with Gasteiger partial charge >= 0.3 is 0 Å². The van der Waals surface area contributed by atoms with E-state index >= 15 is 0 Å². The van der Waals surface area contributed by atoms with Gasteiger partial charge in [-0.1, -0.05) is 36.8 Å². The van der Waals surface area contributed by atoms with E-state index in [1.54, 1.807) is 15.6 Å². The van der Waals surface area contributed by atoms with Crippen molar-refractivity contribution in [1.82, 2.24) is 13.6 Å². The summed E-state index contributed by atoms with van der Waals surface area (Å²) in [5, 5.41) is 0.904. The van der Waals surface area contributed by atoms with E-state index in [1.165, 1.54) is 28.6 Å². The zero-order valence-corrected chi connectivity index (χ0v) is 22.2. The highest BCUT2D eigenvalue weighted by Gasteiger charge is 2.34. The molecule has 2 aliphatic heterocycles. The van der Waals surface area contributed by atoms with Gasteiger partial charge < -0.3 is 4.90 Å². The lowest BCUT2D eigenvalue weighted by Crippen LogP contribution is -2.48. The smallest absolute Gasteiger partial charge is 0.243 e. The summed E-state index contributed by atoms with van der Waals surface area (Å²) in [6, 6.07) is 13.7. The third-order valence-corrected chi connectivity index (χ3v) is 11.9. The number of sulfonamides is 2. The maximum Gasteiger partial charge on any atom is 0.243 e. The van der Waals surface area contributed by atoms with Crippen LogP contribution in [0.15, 0.2) is 58.3 Å². The van der Waals surface area contributed by atoms with Crippen molar-refractivity contribution in [2.75, 3.05) is 37.6 Å². The van der Waals surface area contributed by atoms with Crippen LogP contribution in [0.4, 0.5) is 5.13 Å². The summed E-state index contributed by atoms with van der Waals surface area (Å²) >= 11 is 1.61. The van der Waals surface area contributed by atoms with Gasteiger partial charge in [-0.2, -0.15) is 8.61 Å². The molecule has 0 spiro atoms. The van der Waals surface area contributed by atoms with Crippen molar-refractivity contribution in [3.8, 4) is 0 Å². The predicted molar refractivity (Wildman–Crippen MR) is 139 cm³/mol. The number of thiazole rings is 1. The molecule has 35 heavy (non-hydrogen) atoms. The third kappa shape index (κ3) is 4.72. The van der Waals surface area contributed by atoms with Crippen molar-refractivity contribution < 1.29 is 16.8 Å². The molecule has 0 saturated carbocycles. The van der Waals surface area contributed by atoms with Crippen LogP contribution in [-0.2, 0) is 20.0 Å². The number of rotatable bonds is 6. The molecule has 188 valence electrons. The van der Waals surface area contributed by atoms with Crippen LogP contribution in [-0.4, -0.2) is 69.2 Å². The average Bonchev–Trinajstić information content (AvgIpc) is 3.33. The number of hydrogen-bond donors (Lipinski definition) is 0. The first-order valence-corrected chi connectivity index (χ1v) is 15.7. The number of fused-ring (bicyclic) bond motifs is 1. The van der Waals surface area contributed by atoms with Gasteiger partial charge in [0.15, 0.2) is 5.13 Å². The maximum atomic E-state index is 13.3. The third-order valence-electron chi connectivity index (χ3n) is 6.90. The number of anilines is 1. The molecule has 0 bridgehead atoms. The molecule has 0 radical (unpaired) electrons. The van der Waals surface area contributed by atoms with Gasteiger partial charge in [-0.3, -0.25) is 0 Å². The Morgan fingerprint density at radius 2 is 1.51 bits per heavy atom. The molecule has 2 saturated heterocycles. The quantitative estimate of drug-likeness (QED) is 0.478. The van der Waals surface area contributed by atoms with Crippen LogP contribution in [0.3, 0.4) is 0 Å². The van der Waals surface area contributed by atoms with Crippen molar-refractivity contribution in [2.24, 2.45) is 0 Å². The predicted octanol–water partition coefficient (Wildman–Crippen LogP) is 3.76. The monoisotopic (exact) mass is 534 g/mol. The highest BCUT2D eigenvalue weighted by molar-refractivity contribution is 7.89. The van der Waals surface area contributed by atoms with Crippen LogP contribution in [0.25, 0.3) is 10.2 Å². The molecule has 2 fully saturated rings. The fourth-order valence-corrected chi connectivity index (χ4v) is 9.09. The number of para-hydroxylation sites is 1. The van der Waals surface area contributed by atoms with E-state index in [0.29, 0.717) is 32.7 Å².